The molecule has 0 radical (unpaired) electrons. The molecule has 0 fully saturated rings. The van der Waals surface area contributed by atoms with Crippen molar-refractivity contribution < 1.29 is 4.74 Å². The molecule has 7 heteroatoms. The molecule has 6 nitrogen and oxygen atoms in total. The van der Waals surface area contributed by atoms with Gasteiger partial charge in [-0.15, -0.1) is 11.3 Å². The highest BCUT2D eigenvalue weighted by atomic mass is 32.1. The highest BCUT2D eigenvalue weighted by Crippen LogP contribution is 2.19. The normalized spacial score (nSPS) is 12.4. The zero-order chi connectivity index (χ0) is 12.1. The van der Waals surface area contributed by atoms with Crippen molar-refractivity contribution in [3.63, 3.8) is 0 Å². The van der Waals surface area contributed by atoms with E-state index in [4.69, 9.17) is 10.6 Å². The van der Waals surface area contributed by atoms with Crippen LogP contribution in [0.1, 0.15) is 16.7 Å². The fraction of sp³-hybridized carbons (Fsp3) is 0.300. The van der Waals surface area contributed by atoms with Crippen LogP contribution in [0, 0.1) is 0 Å². The van der Waals surface area contributed by atoms with E-state index < -0.39 is 0 Å². The Balaban J connectivity index is 2.16. The number of thiazole rings is 1. The third-order valence-electron chi connectivity index (χ3n) is 2.29. The van der Waals surface area contributed by atoms with Crippen LogP contribution in [0.4, 0.5) is 0 Å². The number of methoxy groups -OCH3 is 1. The zero-order valence-electron chi connectivity index (χ0n) is 9.33. The Morgan fingerprint density at radius 2 is 2.35 bits per heavy atom. The Morgan fingerprint density at radius 3 is 3.00 bits per heavy atom. The van der Waals surface area contributed by atoms with Gasteiger partial charge in [-0.25, -0.2) is 15.0 Å². The number of hydrogen-bond donors (Lipinski definition) is 2. The lowest BCUT2D eigenvalue weighted by Crippen LogP contribution is -2.30. The van der Waals surface area contributed by atoms with Crippen molar-refractivity contribution in [2.75, 3.05) is 7.11 Å². The molecule has 2 aromatic rings. The van der Waals surface area contributed by atoms with Crippen molar-refractivity contribution >= 4 is 11.3 Å². The van der Waals surface area contributed by atoms with E-state index in [0.717, 1.165) is 10.7 Å². The van der Waals surface area contributed by atoms with Crippen LogP contribution in [-0.2, 0) is 6.42 Å². The van der Waals surface area contributed by atoms with Gasteiger partial charge in [0.15, 0.2) is 0 Å². The summed E-state index contributed by atoms with van der Waals surface area (Å²) in [5.41, 5.74) is 3.52. The van der Waals surface area contributed by atoms with Gasteiger partial charge >= 0.3 is 0 Å². The van der Waals surface area contributed by atoms with Crippen LogP contribution >= 0.6 is 11.3 Å². The van der Waals surface area contributed by atoms with Gasteiger partial charge in [0.2, 0.25) is 5.88 Å². The van der Waals surface area contributed by atoms with Crippen molar-refractivity contribution in [1.82, 2.24) is 20.4 Å². The van der Waals surface area contributed by atoms with E-state index in [9.17, 15) is 0 Å². The highest BCUT2D eigenvalue weighted by molar-refractivity contribution is 7.09. The lowest BCUT2D eigenvalue weighted by Gasteiger charge is -2.13. The lowest BCUT2D eigenvalue weighted by atomic mass is 10.1. The molecule has 0 aliphatic rings. The van der Waals surface area contributed by atoms with Crippen LogP contribution < -0.4 is 16.0 Å². The van der Waals surface area contributed by atoms with Crippen molar-refractivity contribution in [2.45, 2.75) is 12.5 Å². The Labute approximate surface area is 103 Å². The lowest BCUT2D eigenvalue weighted by molar-refractivity contribution is 0.393. The second-order valence-electron chi connectivity index (χ2n) is 3.33. The van der Waals surface area contributed by atoms with Gasteiger partial charge in [-0.2, -0.15) is 0 Å². The summed E-state index contributed by atoms with van der Waals surface area (Å²) in [4.78, 5) is 12.4. The standard InChI is InChI=1S/C10H13N5OS/c1-16-9-4-7(13-6-14-9)8(15-11)5-10-12-2-3-17-10/h2-4,6,8,15H,5,11H2,1H3. The third-order valence-corrected chi connectivity index (χ3v) is 3.09. The molecule has 0 saturated carbocycles. The van der Waals surface area contributed by atoms with Gasteiger partial charge in [0.25, 0.3) is 0 Å². The van der Waals surface area contributed by atoms with Gasteiger partial charge in [-0.05, 0) is 0 Å². The van der Waals surface area contributed by atoms with E-state index >= 15 is 0 Å². The minimum atomic E-state index is -0.0990. The molecular weight excluding hydrogens is 238 g/mol. The van der Waals surface area contributed by atoms with Crippen molar-refractivity contribution in [2.24, 2.45) is 5.84 Å². The number of aromatic nitrogens is 3. The van der Waals surface area contributed by atoms with Gasteiger partial charge < -0.3 is 4.74 Å². The molecule has 17 heavy (non-hydrogen) atoms. The maximum absolute atomic E-state index is 5.54. The largest absolute Gasteiger partial charge is 0.481 e. The average Bonchev–Trinajstić information content (AvgIpc) is 2.89. The Kier molecular flexibility index (Phi) is 3.97. The molecule has 1 unspecified atom stereocenters. The average molecular weight is 251 g/mol. The summed E-state index contributed by atoms with van der Waals surface area (Å²) in [5, 5.41) is 2.94. The molecule has 0 aliphatic carbocycles. The molecule has 0 amide bonds. The van der Waals surface area contributed by atoms with E-state index in [1.54, 1.807) is 30.7 Å². The summed E-state index contributed by atoms with van der Waals surface area (Å²) in [6, 6.07) is 1.66. The smallest absolute Gasteiger partial charge is 0.216 e. The number of nitrogens with one attached hydrogen (secondary N) is 1. The fourth-order valence-electron chi connectivity index (χ4n) is 1.43. The van der Waals surface area contributed by atoms with Gasteiger partial charge in [-0.1, -0.05) is 0 Å². The molecule has 0 spiro atoms. The van der Waals surface area contributed by atoms with E-state index in [1.807, 2.05) is 5.38 Å². The number of nitrogens with zero attached hydrogens (tertiary/aromatic N) is 3. The first-order chi connectivity index (χ1) is 8.33. The van der Waals surface area contributed by atoms with Crippen LogP contribution in [0.5, 0.6) is 5.88 Å². The second kappa shape index (κ2) is 5.67. The quantitative estimate of drug-likeness (QED) is 0.600. The maximum atomic E-state index is 5.54. The first-order valence-electron chi connectivity index (χ1n) is 5.04. The summed E-state index contributed by atoms with van der Waals surface area (Å²) in [7, 11) is 1.57. The van der Waals surface area contributed by atoms with Crippen LogP contribution in [-0.4, -0.2) is 22.1 Å². The van der Waals surface area contributed by atoms with E-state index in [2.05, 4.69) is 20.4 Å². The molecular formula is C10H13N5OS. The summed E-state index contributed by atoms with van der Waals surface area (Å²) in [6.07, 6.45) is 3.92. The number of nitrogens with two attached hydrogens (primary N) is 1. The van der Waals surface area contributed by atoms with Crippen LogP contribution in [0.25, 0.3) is 0 Å². The molecule has 1 atom stereocenters. The predicted molar refractivity (Wildman–Crippen MR) is 64.5 cm³/mol. The molecule has 2 heterocycles. The number of hydrazine groups is 1. The minimum Gasteiger partial charge on any atom is -0.481 e. The van der Waals surface area contributed by atoms with Crippen molar-refractivity contribution in [3.05, 3.63) is 34.7 Å². The van der Waals surface area contributed by atoms with Crippen LogP contribution in [0.3, 0.4) is 0 Å². The monoisotopic (exact) mass is 251 g/mol. The number of ether oxygens (including phenoxy) is 1. The van der Waals surface area contributed by atoms with Gasteiger partial charge in [0, 0.05) is 24.1 Å². The van der Waals surface area contributed by atoms with E-state index in [0.29, 0.717) is 12.3 Å². The van der Waals surface area contributed by atoms with E-state index in [-0.39, 0.29) is 6.04 Å². The summed E-state index contributed by atoms with van der Waals surface area (Å²) < 4.78 is 5.05. The first kappa shape index (κ1) is 11.9. The first-order valence-corrected chi connectivity index (χ1v) is 5.92. The molecule has 0 aromatic carbocycles. The highest BCUT2D eigenvalue weighted by Gasteiger charge is 2.14. The van der Waals surface area contributed by atoms with Gasteiger partial charge in [0.05, 0.1) is 23.9 Å². The van der Waals surface area contributed by atoms with Crippen molar-refractivity contribution in [1.29, 1.82) is 0 Å². The third kappa shape index (κ3) is 2.96. The van der Waals surface area contributed by atoms with E-state index in [1.165, 1.54) is 6.33 Å². The number of hydrogen-bond acceptors (Lipinski definition) is 7. The Hall–Kier alpha value is -1.57. The Bertz CT molecular complexity index is 461. The molecule has 0 bridgehead atoms. The molecule has 2 rings (SSSR count). The van der Waals surface area contributed by atoms with Crippen molar-refractivity contribution in [3.8, 4) is 5.88 Å². The zero-order valence-corrected chi connectivity index (χ0v) is 10.1. The minimum absolute atomic E-state index is 0.0990. The number of rotatable bonds is 5. The predicted octanol–water partition coefficient (Wildman–Crippen LogP) is 0.689. The Morgan fingerprint density at radius 1 is 1.47 bits per heavy atom. The molecule has 90 valence electrons. The van der Waals surface area contributed by atoms with Crippen LogP contribution in [0.2, 0.25) is 0 Å². The summed E-state index contributed by atoms with van der Waals surface area (Å²) in [5.74, 6) is 6.06. The summed E-state index contributed by atoms with van der Waals surface area (Å²) in [6.45, 7) is 0. The fourth-order valence-corrected chi connectivity index (χ4v) is 2.10. The molecule has 0 saturated heterocycles. The molecule has 0 aliphatic heterocycles. The van der Waals surface area contributed by atoms with Gasteiger partial charge in [0.1, 0.15) is 6.33 Å². The SMILES string of the molecule is COc1cc(C(Cc2nccs2)NN)ncn1. The van der Waals surface area contributed by atoms with Crippen LogP contribution in [0.15, 0.2) is 24.0 Å². The molecule has 2 aromatic heterocycles. The maximum Gasteiger partial charge on any atom is 0.216 e. The topological polar surface area (TPSA) is 86.0 Å². The summed E-state index contributed by atoms with van der Waals surface area (Å²) >= 11 is 1.59. The van der Waals surface area contributed by atoms with Gasteiger partial charge in [-0.3, -0.25) is 11.3 Å². The second-order valence-corrected chi connectivity index (χ2v) is 4.31. The molecule has 3 N–H and O–H groups in total.